The van der Waals surface area contributed by atoms with Gasteiger partial charge in [-0.25, -0.2) is 4.98 Å². The molecule has 1 atom stereocenters. The quantitative estimate of drug-likeness (QED) is 0.485. The van der Waals surface area contributed by atoms with Crippen molar-refractivity contribution in [2.24, 2.45) is 4.99 Å². The molecule has 0 aliphatic rings. The first-order valence-corrected chi connectivity index (χ1v) is 10.6. The number of guanidine groups is 1. The van der Waals surface area contributed by atoms with Crippen LogP contribution < -0.4 is 10.6 Å². The maximum Gasteiger partial charge on any atom is 0.251 e. The van der Waals surface area contributed by atoms with Crippen LogP contribution in [0.4, 0.5) is 0 Å². The minimum atomic E-state index is -0.0751. The topological polar surface area (TPSA) is 78.9 Å². The fourth-order valence-corrected chi connectivity index (χ4v) is 3.62. The molecule has 7 nitrogen and oxygen atoms in total. The number of carbonyl (C=O) groups is 1. The Hall–Kier alpha value is -2.45. The third-order valence-corrected chi connectivity index (χ3v) is 5.50. The molecule has 2 aromatic rings. The van der Waals surface area contributed by atoms with Crippen LogP contribution in [0, 0.1) is 0 Å². The first-order valence-electron chi connectivity index (χ1n) is 9.76. The Bertz CT molecular complexity index is 821. The van der Waals surface area contributed by atoms with E-state index >= 15 is 0 Å². The van der Waals surface area contributed by atoms with Gasteiger partial charge in [0.1, 0.15) is 11.1 Å². The highest BCUT2D eigenvalue weighted by Crippen LogP contribution is 2.20. The van der Waals surface area contributed by atoms with Gasteiger partial charge >= 0.3 is 0 Å². The van der Waals surface area contributed by atoms with Crippen molar-refractivity contribution in [3.8, 4) is 0 Å². The molecule has 0 saturated heterocycles. The molecule has 1 heterocycles. The van der Waals surface area contributed by atoms with Gasteiger partial charge in [0.05, 0.1) is 12.2 Å². The number of carbonyl (C=O) groups excluding carboxylic acids is 1. The van der Waals surface area contributed by atoms with Gasteiger partial charge in [0.2, 0.25) is 0 Å². The monoisotopic (exact) mass is 417 g/mol. The zero-order valence-corrected chi connectivity index (χ0v) is 18.7. The number of hydrogen-bond donors (Lipinski definition) is 2. The van der Waals surface area contributed by atoms with Gasteiger partial charge < -0.3 is 20.3 Å². The van der Waals surface area contributed by atoms with Gasteiger partial charge in [0, 0.05) is 45.2 Å². The van der Waals surface area contributed by atoms with E-state index in [-0.39, 0.29) is 12.0 Å². The molecule has 2 N–H and O–H groups in total. The minimum absolute atomic E-state index is 0.00603. The number of hydrogen-bond acceptors (Lipinski definition) is 5. The van der Waals surface area contributed by atoms with E-state index in [0.717, 1.165) is 35.2 Å². The van der Waals surface area contributed by atoms with E-state index in [9.17, 15) is 4.79 Å². The molecule has 0 radical (unpaired) electrons. The molecule has 0 spiro atoms. The highest BCUT2D eigenvalue weighted by molar-refractivity contribution is 7.09. The largest absolute Gasteiger partial charge is 0.375 e. The number of nitrogens with zero attached hydrogens (tertiary/aromatic N) is 3. The van der Waals surface area contributed by atoms with Crippen molar-refractivity contribution in [2.45, 2.75) is 32.9 Å². The smallest absolute Gasteiger partial charge is 0.251 e. The Kier molecular flexibility index (Phi) is 9.08. The highest BCUT2D eigenvalue weighted by atomic mass is 32.1. The molecule has 2 rings (SSSR count). The Morgan fingerprint density at radius 1 is 1.41 bits per heavy atom. The summed E-state index contributed by atoms with van der Waals surface area (Å²) in [6, 6.07) is 7.66. The molecule has 0 bridgehead atoms. The van der Waals surface area contributed by atoms with Crippen LogP contribution in [0.1, 0.15) is 46.6 Å². The lowest BCUT2D eigenvalue weighted by Gasteiger charge is -2.21. The molecular weight excluding hydrogens is 386 g/mol. The van der Waals surface area contributed by atoms with E-state index in [1.807, 2.05) is 38.2 Å². The van der Waals surface area contributed by atoms with Gasteiger partial charge in [-0.3, -0.25) is 9.79 Å². The minimum Gasteiger partial charge on any atom is -0.375 e. The maximum atomic E-state index is 11.8. The van der Waals surface area contributed by atoms with Crippen molar-refractivity contribution in [3.63, 3.8) is 0 Å². The summed E-state index contributed by atoms with van der Waals surface area (Å²) in [5, 5.41) is 9.03. The van der Waals surface area contributed by atoms with Crippen molar-refractivity contribution in [2.75, 3.05) is 34.3 Å². The molecule has 8 heteroatoms. The van der Waals surface area contributed by atoms with E-state index in [2.05, 4.69) is 32.8 Å². The first kappa shape index (κ1) is 22.8. The number of rotatable bonds is 9. The van der Waals surface area contributed by atoms with Gasteiger partial charge in [0.25, 0.3) is 5.91 Å². The second kappa shape index (κ2) is 11.5. The molecule has 0 fully saturated rings. The van der Waals surface area contributed by atoms with Gasteiger partial charge in [0.15, 0.2) is 5.96 Å². The zero-order valence-electron chi connectivity index (χ0n) is 17.9. The second-order valence-corrected chi connectivity index (χ2v) is 7.57. The average Bonchev–Trinajstić information content (AvgIpc) is 3.20. The van der Waals surface area contributed by atoms with Crippen molar-refractivity contribution in [1.29, 1.82) is 0 Å². The Morgan fingerprint density at radius 3 is 2.90 bits per heavy atom. The van der Waals surface area contributed by atoms with Crippen LogP contribution in [-0.2, 0) is 17.7 Å². The summed E-state index contributed by atoms with van der Waals surface area (Å²) in [7, 11) is 5.34. The molecular formula is C21H31N5O2S. The van der Waals surface area contributed by atoms with Gasteiger partial charge in [-0.15, -0.1) is 11.3 Å². The Labute approximate surface area is 177 Å². The van der Waals surface area contributed by atoms with E-state index in [0.29, 0.717) is 18.7 Å². The number of aromatic nitrogens is 1. The summed E-state index contributed by atoms with van der Waals surface area (Å²) >= 11 is 1.61. The number of thiazole rings is 1. The summed E-state index contributed by atoms with van der Waals surface area (Å²) in [5.41, 5.74) is 2.76. The third-order valence-electron chi connectivity index (χ3n) is 4.44. The number of aliphatic imine (C=N–C) groups is 1. The summed E-state index contributed by atoms with van der Waals surface area (Å²) in [5.74, 6) is 0.762. The van der Waals surface area contributed by atoms with Crippen LogP contribution in [0.3, 0.4) is 0 Å². The number of nitrogens with one attached hydrogen (secondary N) is 2. The molecule has 0 aliphatic heterocycles. The first-order chi connectivity index (χ1) is 14.0. The summed E-state index contributed by atoms with van der Waals surface area (Å²) in [6.45, 7) is 6.14. The normalized spacial score (nSPS) is 12.5. The van der Waals surface area contributed by atoms with Crippen LogP contribution in [-0.4, -0.2) is 56.0 Å². The second-order valence-electron chi connectivity index (χ2n) is 6.68. The molecule has 158 valence electrons. The van der Waals surface area contributed by atoms with E-state index in [4.69, 9.17) is 9.73 Å². The third kappa shape index (κ3) is 6.83. The van der Waals surface area contributed by atoms with Crippen LogP contribution in [0.2, 0.25) is 0 Å². The van der Waals surface area contributed by atoms with Crippen LogP contribution in [0.5, 0.6) is 0 Å². The van der Waals surface area contributed by atoms with Gasteiger partial charge in [-0.1, -0.05) is 12.1 Å². The van der Waals surface area contributed by atoms with E-state index in [1.165, 1.54) is 0 Å². The predicted octanol–water partition coefficient (Wildman–Crippen LogP) is 2.85. The highest BCUT2D eigenvalue weighted by Gasteiger charge is 2.12. The van der Waals surface area contributed by atoms with Crippen molar-refractivity contribution in [3.05, 3.63) is 51.5 Å². The molecule has 1 amide bonds. The molecule has 0 saturated carbocycles. The van der Waals surface area contributed by atoms with Crippen molar-refractivity contribution in [1.82, 2.24) is 20.5 Å². The number of amides is 1. The zero-order chi connectivity index (χ0) is 21.2. The molecule has 1 aromatic carbocycles. The lowest BCUT2D eigenvalue weighted by atomic mass is 10.1. The van der Waals surface area contributed by atoms with Crippen LogP contribution in [0.25, 0.3) is 0 Å². The van der Waals surface area contributed by atoms with Gasteiger partial charge in [-0.2, -0.15) is 0 Å². The number of ether oxygens (including phenoxy) is 1. The van der Waals surface area contributed by atoms with E-state index in [1.54, 1.807) is 25.5 Å². The van der Waals surface area contributed by atoms with Crippen molar-refractivity contribution < 1.29 is 9.53 Å². The summed E-state index contributed by atoms with van der Waals surface area (Å²) in [6.07, 6.45) is 0.770. The molecule has 1 unspecified atom stereocenters. The fourth-order valence-electron chi connectivity index (χ4n) is 2.77. The van der Waals surface area contributed by atoms with Crippen LogP contribution in [0.15, 0.2) is 34.6 Å². The lowest BCUT2D eigenvalue weighted by Crippen LogP contribution is -2.38. The standard InChI is InChI=1S/C21H31N5O2S/c1-6-23-21(26(4)13-18-14-29-20(25-18)15(2)28-5)24-11-10-16-8-7-9-17(12-16)19(27)22-3/h7-9,12,14-15H,6,10-11,13H2,1-5H3,(H,22,27)(H,23,24). The number of methoxy groups -OCH3 is 1. The van der Waals surface area contributed by atoms with Crippen molar-refractivity contribution >= 4 is 23.2 Å². The summed E-state index contributed by atoms with van der Waals surface area (Å²) < 4.78 is 5.34. The molecule has 29 heavy (non-hydrogen) atoms. The van der Waals surface area contributed by atoms with E-state index < -0.39 is 0 Å². The predicted molar refractivity (Wildman–Crippen MR) is 119 cm³/mol. The Morgan fingerprint density at radius 2 is 2.21 bits per heavy atom. The number of benzene rings is 1. The fraction of sp³-hybridized carbons (Fsp3) is 0.476. The van der Waals surface area contributed by atoms with Crippen LogP contribution >= 0.6 is 11.3 Å². The molecule has 1 aromatic heterocycles. The maximum absolute atomic E-state index is 11.8. The summed E-state index contributed by atoms with van der Waals surface area (Å²) in [4.78, 5) is 23.3. The SMILES string of the molecule is CCNC(=NCCc1cccc(C(=O)NC)c1)N(C)Cc1csc(C(C)OC)n1. The average molecular weight is 418 g/mol. The molecule has 0 aliphatic carbocycles. The Balaban J connectivity index is 1.99. The lowest BCUT2D eigenvalue weighted by molar-refractivity contribution is 0.0963. The van der Waals surface area contributed by atoms with Gasteiger partial charge in [-0.05, 0) is 38.0 Å².